The summed E-state index contributed by atoms with van der Waals surface area (Å²) in [7, 11) is 2.05. The van der Waals surface area contributed by atoms with Gasteiger partial charge in [-0.3, -0.25) is 0 Å². The van der Waals surface area contributed by atoms with E-state index in [0.29, 0.717) is 0 Å². The van der Waals surface area contributed by atoms with Gasteiger partial charge >= 0.3 is 0 Å². The lowest BCUT2D eigenvalue weighted by molar-refractivity contribution is 1.13. The van der Waals surface area contributed by atoms with Crippen LogP contribution in [-0.2, 0) is 0 Å². The Morgan fingerprint density at radius 2 is 1.86 bits per heavy atom. The van der Waals surface area contributed by atoms with Crippen LogP contribution in [0, 0.1) is 6.92 Å². The Morgan fingerprint density at radius 3 is 2.29 bits per heavy atom. The van der Waals surface area contributed by atoms with Crippen molar-refractivity contribution < 1.29 is 0 Å². The zero-order valence-electron chi connectivity index (χ0n) is 9.17. The van der Waals surface area contributed by atoms with E-state index in [4.69, 9.17) is 0 Å². The molecule has 1 rings (SSSR count). The van der Waals surface area contributed by atoms with Crippen LogP contribution >= 0.6 is 0 Å². The minimum Gasteiger partial charge on any atom is -0.396 e. The third-order valence-electron chi connectivity index (χ3n) is 2.55. The number of hydrogen-bond donors (Lipinski definition) is 0. The molecule has 1 aromatic rings. The van der Waals surface area contributed by atoms with Gasteiger partial charge in [-0.15, -0.1) is 0 Å². The summed E-state index contributed by atoms with van der Waals surface area (Å²) in [6, 6.07) is 0. The molecule has 0 atom stereocenters. The molecule has 0 N–H and O–H groups in total. The molecule has 0 unspecified atom stereocenters. The van der Waals surface area contributed by atoms with Crippen molar-refractivity contribution in [3.63, 3.8) is 0 Å². The Kier molecular flexibility index (Phi) is 3.18. The van der Waals surface area contributed by atoms with Crippen molar-refractivity contribution in [3.05, 3.63) is 41.7 Å². The van der Waals surface area contributed by atoms with Crippen molar-refractivity contribution in [3.8, 4) is 0 Å². The average Bonchev–Trinajstić information content (AvgIpc) is 2.40. The Hall–Kier alpha value is -1.44. The van der Waals surface area contributed by atoms with Gasteiger partial charge in [0.25, 0.3) is 0 Å². The third kappa shape index (κ3) is 1.48. The molecule has 0 bridgehead atoms. The monoisotopic (exact) mass is 185 g/mol. The smallest absolute Gasteiger partial charge is 0.223 e. The van der Waals surface area contributed by atoms with Gasteiger partial charge in [-0.1, -0.05) is 31.4 Å². The van der Waals surface area contributed by atoms with Gasteiger partial charge in [-0.2, -0.15) is 0 Å². The van der Waals surface area contributed by atoms with Gasteiger partial charge in [0.15, 0.2) is 0 Å². The van der Waals surface area contributed by atoms with Gasteiger partial charge in [0.2, 0.25) is 7.98 Å². The van der Waals surface area contributed by atoms with Gasteiger partial charge < -0.3 is 4.48 Å². The molecule has 2 heteroatoms. The lowest BCUT2D eigenvalue weighted by atomic mass is 10.1. The summed E-state index contributed by atoms with van der Waals surface area (Å²) in [6.45, 7) is 11.8. The zero-order valence-corrected chi connectivity index (χ0v) is 9.17. The first-order valence-electron chi connectivity index (χ1n) is 4.74. The van der Waals surface area contributed by atoms with E-state index in [1.165, 1.54) is 16.8 Å². The van der Waals surface area contributed by atoms with E-state index in [-0.39, 0.29) is 0 Å². The topological polar surface area (TPSA) is 4.93 Å². The third-order valence-corrected chi connectivity index (χ3v) is 2.55. The molecule has 0 saturated carbocycles. The van der Waals surface area contributed by atoms with E-state index in [0.717, 1.165) is 5.69 Å². The van der Waals surface area contributed by atoms with Crippen LogP contribution < -0.4 is 0 Å². The van der Waals surface area contributed by atoms with Crippen LogP contribution in [0.2, 0.25) is 0 Å². The summed E-state index contributed by atoms with van der Waals surface area (Å²) in [5.74, 6) is 0. The fraction of sp³-hybridized carbons (Fsp3) is 0.167. The highest BCUT2D eigenvalue weighted by Gasteiger charge is 2.10. The summed E-state index contributed by atoms with van der Waals surface area (Å²) in [4.78, 5) is 0. The maximum Gasteiger partial charge on any atom is 0.223 e. The van der Waals surface area contributed by atoms with Crippen molar-refractivity contribution in [2.24, 2.45) is 0 Å². The van der Waals surface area contributed by atoms with E-state index >= 15 is 0 Å². The first-order valence-corrected chi connectivity index (χ1v) is 4.74. The molecule has 1 aromatic heterocycles. The van der Waals surface area contributed by atoms with Crippen molar-refractivity contribution >= 4 is 26.2 Å². The molecule has 1 heterocycles. The van der Waals surface area contributed by atoms with Gasteiger partial charge in [0, 0.05) is 22.5 Å². The van der Waals surface area contributed by atoms with Crippen LogP contribution in [0.4, 0.5) is 0 Å². The number of hydrogen-bond acceptors (Lipinski definition) is 0. The Labute approximate surface area is 86.9 Å². The van der Waals surface area contributed by atoms with Crippen molar-refractivity contribution in [1.29, 1.82) is 0 Å². The van der Waals surface area contributed by atoms with E-state index in [1.54, 1.807) is 0 Å². The van der Waals surface area contributed by atoms with Crippen LogP contribution in [0.15, 0.2) is 19.2 Å². The number of aromatic nitrogens is 1. The van der Waals surface area contributed by atoms with Crippen molar-refractivity contribution in [2.75, 3.05) is 0 Å². The van der Waals surface area contributed by atoms with Crippen LogP contribution in [0.3, 0.4) is 0 Å². The molecule has 0 radical (unpaired) electrons. The maximum atomic E-state index is 3.84. The molecule has 0 aliphatic rings. The van der Waals surface area contributed by atoms with Gasteiger partial charge in [-0.25, -0.2) is 0 Å². The Bertz CT molecular complexity index is 365. The predicted octanol–water partition coefficient (Wildman–Crippen LogP) is 2.51. The molecule has 0 amide bonds. The molecule has 0 spiro atoms. The lowest BCUT2D eigenvalue weighted by Gasteiger charge is -1.99. The molecule has 0 aliphatic heterocycles. The first-order chi connectivity index (χ1) is 6.67. The Morgan fingerprint density at radius 1 is 1.21 bits per heavy atom. The van der Waals surface area contributed by atoms with Crippen LogP contribution in [0.5, 0.6) is 0 Å². The van der Waals surface area contributed by atoms with E-state index in [9.17, 15) is 0 Å². The lowest BCUT2D eigenvalue weighted by Crippen LogP contribution is -1.96. The standard InChI is InChI=1S/C12H16BN/c1-5-8-11-10(6-2)9(4)14(13)12(11)7-3/h5-8H,2-3,13H2,1,4H3/b8-5-. The Balaban J connectivity index is 3.56. The molecule has 0 saturated heterocycles. The number of allylic oxidation sites excluding steroid dienone is 1. The first kappa shape index (κ1) is 10.6. The van der Waals surface area contributed by atoms with Crippen molar-refractivity contribution in [1.82, 2.24) is 4.48 Å². The molecule has 0 fully saturated rings. The molecule has 0 aromatic carbocycles. The highest BCUT2D eigenvalue weighted by Crippen LogP contribution is 2.24. The highest BCUT2D eigenvalue weighted by molar-refractivity contribution is 6.09. The van der Waals surface area contributed by atoms with E-state index in [1.807, 2.05) is 33.1 Å². The average molecular weight is 185 g/mol. The summed E-state index contributed by atoms with van der Waals surface area (Å²) >= 11 is 0. The number of rotatable bonds is 3. The van der Waals surface area contributed by atoms with Crippen molar-refractivity contribution in [2.45, 2.75) is 13.8 Å². The second-order valence-electron chi connectivity index (χ2n) is 3.27. The number of nitrogens with zero attached hydrogens (tertiary/aromatic N) is 1. The van der Waals surface area contributed by atoms with Crippen LogP contribution in [0.25, 0.3) is 18.2 Å². The molecular weight excluding hydrogens is 169 g/mol. The maximum absolute atomic E-state index is 3.84. The molecule has 14 heavy (non-hydrogen) atoms. The molecular formula is C12H16BN. The quantitative estimate of drug-likeness (QED) is 0.637. The zero-order chi connectivity index (χ0) is 10.7. The second-order valence-corrected chi connectivity index (χ2v) is 3.27. The van der Waals surface area contributed by atoms with Crippen LogP contribution in [-0.4, -0.2) is 12.5 Å². The van der Waals surface area contributed by atoms with Gasteiger partial charge in [-0.05, 0) is 19.9 Å². The fourth-order valence-electron chi connectivity index (χ4n) is 1.72. The fourth-order valence-corrected chi connectivity index (χ4v) is 1.72. The summed E-state index contributed by atoms with van der Waals surface area (Å²) in [5.41, 5.74) is 4.77. The summed E-state index contributed by atoms with van der Waals surface area (Å²) in [6.07, 6.45) is 7.92. The van der Waals surface area contributed by atoms with Crippen LogP contribution in [0.1, 0.15) is 29.4 Å². The normalized spacial score (nSPS) is 10.7. The minimum absolute atomic E-state index is 1.15. The van der Waals surface area contributed by atoms with Gasteiger partial charge in [0.1, 0.15) is 0 Å². The van der Waals surface area contributed by atoms with E-state index in [2.05, 4.69) is 30.6 Å². The summed E-state index contributed by atoms with van der Waals surface area (Å²) < 4.78 is 2.14. The molecule has 72 valence electrons. The molecule has 1 nitrogen and oxygen atoms in total. The minimum atomic E-state index is 1.15. The molecule has 0 aliphatic carbocycles. The SMILES string of the molecule is Bn1c(C)c(C=C)c(/C=C\C)c1C=C. The predicted molar refractivity (Wildman–Crippen MR) is 68.0 cm³/mol. The highest BCUT2D eigenvalue weighted by atomic mass is 14.9. The summed E-state index contributed by atoms with van der Waals surface area (Å²) in [5, 5.41) is 0. The van der Waals surface area contributed by atoms with E-state index < -0.39 is 0 Å². The largest absolute Gasteiger partial charge is 0.396 e. The second kappa shape index (κ2) is 4.18. The van der Waals surface area contributed by atoms with Gasteiger partial charge in [0.05, 0.1) is 0 Å².